The molecule has 4 rings (SSSR count). The minimum absolute atomic E-state index is 0.0352. The Hall–Kier alpha value is -2.69. The Morgan fingerprint density at radius 1 is 1.17 bits per heavy atom. The number of rotatable bonds is 4. The Morgan fingerprint density at radius 2 is 2.00 bits per heavy atom. The van der Waals surface area contributed by atoms with Crippen molar-refractivity contribution in [3.05, 3.63) is 46.6 Å². The summed E-state index contributed by atoms with van der Waals surface area (Å²) in [6.45, 7) is 5.22. The van der Waals surface area contributed by atoms with Gasteiger partial charge in [0.05, 0.1) is 10.9 Å². The maximum absolute atomic E-state index is 13.0. The number of para-hydroxylation sites is 1. The zero-order valence-corrected chi connectivity index (χ0v) is 13.2. The van der Waals surface area contributed by atoms with E-state index in [1.807, 2.05) is 36.4 Å². The second-order valence-electron chi connectivity index (χ2n) is 6.31. The number of pyridine rings is 1. The summed E-state index contributed by atoms with van der Waals surface area (Å²) in [4.78, 5) is 13.0. The maximum Gasteiger partial charge on any atom is 0.199 e. The summed E-state index contributed by atoms with van der Waals surface area (Å²) in [7, 11) is 0. The Kier molecular flexibility index (Phi) is 3.15. The number of anilines is 1. The van der Waals surface area contributed by atoms with E-state index < -0.39 is 0 Å². The molecule has 5 heteroatoms. The molecule has 0 aliphatic heterocycles. The number of aromatic nitrogens is 3. The van der Waals surface area contributed by atoms with Crippen LogP contribution in [0, 0.1) is 5.92 Å². The van der Waals surface area contributed by atoms with Crippen molar-refractivity contribution in [1.82, 2.24) is 14.8 Å². The zero-order valence-electron chi connectivity index (χ0n) is 13.2. The Balaban J connectivity index is 2.01. The predicted molar refractivity (Wildman–Crippen MR) is 93.4 cm³/mol. The van der Waals surface area contributed by atoms with Crippen LogP contribution in [0.2, 0.25) is 0 Å². The van der Waals surface area contributed by atoms with Crippen LogP contribution in [0.25, 0.3) is 27.3 Å². The van der Waals surface area contributed by atoms with Gasteiger partial charge in [0.15, 0.2) is 5.43 Å². The first-order valence-electron chi connectivity index (χ1n) is 7.93. The number of hydrogen-bond donors (Lipinski definition) is 1. The van der Waals surface area contributed by atoms with E-state index in [9.17, 15) is 4.79 Å². The van der Waals surface area contributed by atoms with Gasteiger partial charge in [0, 0.05) is 17.6 Å². The normalized spacial score (nSPS) is 12.0. The molecule has 0 saturated carbocycles. The fourth-order valence-electron chi connectivity index (χ4n) is 3.04. The van der Waals surface area contributed by atoms with Crippen LogP contribution in [-0.2, 0) is 0 Å². The summed E-state index contributed by atoms with van der Waals surface area (Å²) >= 11 is 0. The number of nitrogens with zero attached hydrogens (tertiary/aromatic N) is 3. The van der Waals surface area contributed by atoms with E-state index in [1.165, 1.54) is 0 Å². The van der Waals surface area contributed by atoms with Gasteiger partial charge in [-0.3, -0.25) is 4.79 Å². The topological polar surface area (TPSA) is 59.3 Å². The molecule has 2 aromatic heterocycles. The standard InChI is InChI=1S/C18H18N4O/c1-11(2)9-10-19-13-7-8-14-17-16(13)18(23)12-5-3-4-6-15(12)22(17)21-20-14/h3-8,11,19H,9-10H2,1-2H3. The van der Waals surface area contributed by atoms with Crippen molar-refractivity contribution < 1.29 is 0 Å². The zero-order chi connectivity index (χ0) is 16.0. The molecule has 0 aliphatic carbocycles. The average molecular weight is 306 g/mol. The molecule has 0 amide bonds. The fraction of sp³-hybridized carbons (Fsp3) is 0.278. The molecule has 0 radical (unpaired) electrons. The second kappa shape index (κ2) is 5.19. The first-order valence-corrected chi connectivity index (χ1v) is 7.93. The first kappa shape index (κ1) is 13.9. The van der Waals surface area contributed by atoms with Gasteiger partial charge in [0.1, 0.15) is 11.0 Å². The van der Waals surface area contributed by atoms with Crippen LogP contribution in [-0.4, -0.2) is 21.4 Å². The molecule has 4 aromatic rings. The van der Waals surface area contributed by atoms with Crippen molar-refractivity contribution >= 4 is 33.0 Å². The lowest BCUT2D eigenvalue weighted by Crippen LogP contribution is -2.11. The first-order chi connectivity index (χ1) is 11.2. The molecule has 23 heavy (non-hydrogen) atoms. The Morgan fingerprint density at radius 3 is 2.83 bits per heavy atom. The minimum atomic E-state index is 0.0352. The Bertz CT molecular complexity index is 1050. The van der Waals surface area contributed by atoms with E-state index in [2.05, 4.69) is 29.5 Å². The van der Waals surface area contributed by atoms with Crippen molar-refractivity contribution in [3.8, 4) is 0 Å². The number of nitrogens with one attached hydrogen (secondary N) is 1. The average Bonchev–Trinajstić information content (AvgIpc) is 2.97. The Labute approximate surface area is 133 Å². The smallest absolute Gasteiger partial charge is 0.199 e. The lowest BCUT2D eigenvalue weighted by atomic mass is 10.1. The van der Waals surface area contributed by atoms with Crippen LogP contribution < -0.4 is 10.7 Å². The third kappa shape index (κ3) is 2.11. The highest BCUT2D eigenvalue weighted by Gasteiger charge is 2.17. The molecule has 1 N–H and O–H groups in total. The third-order valence-corrected chi connectivity index (χ3v) is 4.25. The molecule has 0 aliphatic rings. The van der Waals surface area contributed by atoms with Crippen LogP contribution in [0.4, 0.5) is 5.69 Å². The molecule has 5 nitrogen and oxygen atoms in total. The van der Waals surface area contributed by atoms with Crippen LogP contribution >= 0.6 is 0 Å². The molecular formula is C18H18N4O. The molecule has 0 fully saturated rings. The highest BCUT2D eigenvalue weighted by Crippen LogP contribution is 2.27. The predicted octanol–water partition coefficient (Wildman–Crippen LogP) is 3.29. The van der Waals surface area contributed by atoms with Crippen LogP contribution in [0.1, 0.15) is 20.3 Å². The molecule has 0 saturated heterocycles. The largest absolute Gasteiger partial charge is 0.384 e. The van der Waals surface area contributed by atoms with Crippen molar-refractivity contribution in [2.75, 3.05) is 11.9 Å². The molecule has 2 heterocycles. The maximum atomic E-state index is 13.0. The highest BCUT2D eigenvalue weighted by molar-refractivity contribution is 6.06. The molecular weight excluding hydrogens is 288 g/mol. The summed E-state index contributed by atoms with van der Waals surface area (Å²) in [5.41, 5.74) is 3.24. The van der Waals surface area contributed by atoms with E-state index in [0.29, 0.717) is 16.7 Å². The van der Waals surface area contributed by atoms with Gasteiger partial charge in [-0.15, -0.1) is 5.10 Å². The van der Waals surface area contributed by atoms with Crippen molar-refractivity contribution in [3.63, 3.8) is 0 Å². The summed E-state index contributed by atoms with van der Waals surface area (Å²) in [5, 5.41) is 13.2. The molecule has 0 bridgehead atoms. The quantitative estimate of drug-likeness (QED) is 0.588. The number of fused-ring (bicyclic) bond motifs is 2. The molecule has 0 spiro atoms. The van der Waals surface area contributed by atoms with Gasteiger partial charge in [0.25, 0.3) is 0 Å². The van der Waals surface area contributed by atoms with Gasteiger partial charge in [-0.1, -0.05) is 31.2 Å². The van der Waals surface area contributed by atoms with Gasteiger partial charge in [-0.05, 0) is 36.6 Å². The second-order valence-corrected chi connectivity index (χ2v) is 6.31. The third-order valence-electron chi connectivity index (χ3n) is 4.25. The molecule has 0 unspecified atom stereocenters. The number of hydrogen-bond acceptors (Lipinski definition) is 4. The van der Waals surface area contributed by atoms with E-state index in [1.54, 1.807) is 4.52 Å². The van der Waals surface area contributed by atoms with Crippen molar-refractivity contribution in [2.24, 2.45) is 5.92 Å². The SMILES string of the molecule is CC(C)CCNc1ccc2nnn3c4ccccc4c(=O)c1c23. The summed E-state index contributed by atoms with van der Waals surface area (Å²) in [6, 6.07) is 11.4. The minimum Gasteiger partial charge on any atom is -0.384 e. The van der Waals surface area contributed by atoms with Crippen LogP contribution in [0.5, 0.6) is 0 Å². The lowest BCUT2D eigenvalue weighted by Gasteiger charge is -2.11. The monoisotopic (exact) mass is 306 g/mol. The van der Waals surface area contributed by atoms with Crippen LogP contribution in [0.15, 0.2) is 41.2 Å². The van der Waals surface area contributed by atoms with E-state index in [-0.39, 0.29) is 5.43 Å². The van der Waals surface area contributed by atoms with E-state index in [0.717, 1.165) is 35.2 Å². The van der Waals surface area contributed by atoms with Crippen LogP contribution in [0.3, 0.4) is 0 Å². The molecule has 116 valence electrons. The van der Waals surface area contributed by atoms with Crippen molar-refractivity contribution in [1.29, 1.82) is 0 Å². The van der Waals surface area contributed by atoms with Gasteiger partial charge >= 0.3 is 0 Å². The van der Waals surface area contributed by atoms with Crippen molar-refractivity contribution in [2.45, 2.75) is 20.3 Å². The molecule has 0 atom stereocenters. The summed E-state index contributed by atoms with van der Waals surface area (Å²) in [6.07, 6.45) is 1.06. The van der Waals surface area contributed by atoms with E-state index >= 15 is 0 Å². The summed E-state index contributed by atoms with van der Waals surface area (Å²) < 4.78 is 1.77. The van der Waals surface area contributed by atoms with Gasteiger partial charge in [-0.25, -0.2) is 4.52 Å². The van der Waals surface area contributed by atoms with E-state index in [4.69, 9.17) is 0 Å². The van der Waals surface area contributed by atoms with Gasteiger partial charge < -0.3 is 5.32 Å². The highest BCUT2D eigenvalue weighted by atomic mass is 16.1. The van der Waals surface area contributed by atoms with Gasteiger partial charge in [0.2, 0.25) is 0 Å². The molecule has 2 aromatic carbocycles. The van der Waals surface area contributed by atoms with Gasteiger partial charge in [-0.2, -0.15) is 0 Å². The lowest BCUT2D eigenvalue weighted by molar-refractivity contribution is 0.607. The fourth-order valence-corrected chi connectivity index (χ4v) is 3.04. The number of benzene rings is 2. The summed E-state index contributed by atoms with van der Waals surface area (Å²) in [5.74, 6) is 0.617.